The van der Waals surface area contributed by atoms with E-state index >= 15 is 0 Å². The van der Waals surface area contributed by atoms with Crippen molar-refractivity contribution < 1.29 is 9.53 Å². The molecule has 2 aromatic carbocycles. The van der Waals surface area contributed by atoms with Crippen LogP contribution in [0.1, 0.15) is 48.4 Å². The molecule has 1 atom stereocenters. The first-order valence-electron chi connectivity index (χ1n) is 9.23. The molecule has 0 radical (unpaired) electrons. The summed E-state index contributed by atoms with van der Waals surface area (Å²) in [5.41, 5.74) is 5.84. The number of hydrogen-bond acceptors (Lipinski definition) is 2. The molecular formula is C22H27NO2. The van der Waals surface area contributed by atoms with Crippen molar-refractivity contribution in [2.75, 3.05) is 5.32 Å². The van der Waals surface area contributed by atoms with E-state index in [1.165, 1.54) is 24.0 Å². The molecule has 2 aromatic rings. The van der Waals surface area contributed by atoms with Crippen LogP contribution in [0.5, 0.6) is 5.75 Å². The van der Waals surface area contributed by atoms with Crippen LogP contribution in [0.2, 0.25) is 0 Å². The topological polar surface area (TPSA) is 38.3 Å². The molecule has 132 valence electrons. The summed E-state index contributed by atoms with van der Waals surface area (Å²) in [5, 5.41) is 3.02. The standard InChI is InChI=1S/C22H27NO2/c1-4-21(22(24)23-20-13-15(2)9-10-16(20)3)25-19-12-11-17-7-5-6-8-18(17)14-19/h9-14,21H,4-8H2,1-3H3,(H,23,24)/t21-/m0/s1. The molecule has 25 heavy (non-hydrogen) atoms. The molecule has 3 heteroatoms. The average Bonchev–Trinajstić information content (AvgIpc) is 2.62. The fraction of sp³-hybridized carbons (Fsp3) is 0.409. The Morgan fingerprint density at radius 2 is 1.84 bits per heavy atom. The molecule has 0 heterocycles. The van der Waals surface area contributed by atoms with Crippen LogP contribution < -0.4 is 10.1 Å². The molecular weight excluding hydrogens is 310 g/mol. The Morgan fingerprint density at radius 3 is 2.60 bits per heavy atom. The van der Waals surface area contributed by atoms with Crippen LogP contribution in [0.4, 0.5) is 5.69 Å². The Kier molecular flexibility index (Phi) is 5.42. The van der Waals surface area contributed by atoms with Gasteiger partial charge in [0, 0.05) is 5.69 Å². The molecule has 0 fully saturated rings. The zero-order valence-corrected chi connectivity index (χ0v) is 15.4. The molecule has 0 spiro atoms. The van der Waals surface area contributed by atoms with Gasteiger partial charge in [-0.2, -0.15) is 0 Å². The lowest BCUT2D eigenvalue weighted by Crippen LogP contribution is -2.32. The van der Waals surface area contributed by atoms with E-state index in [1.54, 1.807) is 0 Å². The fourth-order valence-electron chi connectivity index (χ4n) is 3.35. The van der Waals surface area contributed by atoms with Gasteiger partial charge in [0.2, 0.25) is 0 Å². The number of carbonyl (C=O) groups excluding carboxylic acids is 1. The summed E-state index contributed by atoms with van der Waals surface area (Å²) in [6.07, 6.45) is 4.91. The van der Waals surface area contributed by atoms with Crippen molar-refractivity contribution in [2.45, 2.75) is 59.0 Å². The van der Waals surface area contributed by atoms with Gasteiger partial charge in [-0.25, -0.2) is 0 Å². The highest BCUT2D eigenvalue weighted by Crippen LogP contribution is 2.26. The Bertz CT molecular complexity index is 767. The van der Waals surface area contributed by atoms with Crippen molar-refractivity contribution in [1.82, 2.24) is 0 Å². The minimum atomic E-state index is -0.485. The highest BCUT2D eigenvalue weighted by Gasteiger charge is 2.20. The molecule has 3 nitrogen and oxygen atoms in total. The van der Waals surface area contributed by atoms with Gasteiger partial charge in [-0.3, -0.25) is 4.79 Å². The molecule has 0 saturated heterocycles. The van der Waals surface area contributed by atoms with Crippen LogP contribution in [0.15, 0.2) is 36.4 Å². The number of hydrogen-bond donors (Lipinski definition) is 1. The van der Waals surface area contributed by atoms with Crippen molar-refractivity contribution >= 4 is 11.6 Å². The van der Waals surface area contributed by atoms with Crippen LogP contribution in [-0.4, -0.2) is 12.0 Å². The van der Waals surface area contributed by atoms with Crippen molar-refractivity contribution in [3.05, 3.63) is 58.7 Å². The quantitative estimate of drug-likeness (QED) is 0.836. The summed E-state index contributed by atoms with van der Waals surface area (Å²) < 4.78 is 6.02. The fourth-order valence-corrected chi connectivity index (χ4v) is 3.35. The number of nitrogens with one attached hydrogen (secondary N) is 1. The average molecular weight is 337 g/mol. The van der Waals surface area contributed by atoms with Crippen LogP contribution in [0, 0.1) is 13.8 Å². The molecule has 0 bridgehead atoms. The number of amides is 1. The minimum absolute atomic E-state index is 0.0890. The van der Waals surface area contributed by atoms with Crippen LogP contribution >= 0.6 is 0 Å². The van der Waals surface area contributed by atoms with E-state index in [2.05, 4.69) is 17.4 Å². The van der Waals surface area contributed by atoms with Crippen LogP contribution in [0.3, 0.4) is 0 Å². The molecule has 0 unspecified atom stereocenters. The maximum Gasteiger partial charge on any atom is 0.265 e. The third-order valence-electron chi connectivity index (χ3n) is 4.91. The molecule has 0 aliphatic heterocycles. The second-order valence-corrected chi connectivity index (χ2v) is 6.96. The van der Waals surface area contributed by atoms with E-state index in [0.717, 1.165) is 35.4 Å². The highest BCUT2D eigenvalue weighted by atomic mass is 16.5. The summed E-state index contributed by atoms with van der Waals surface area (Å²) in [6, 6.07) is 12.3. The number of benzene rings is 2. The molecule has 0 aromatic heterocycles. The number of aryl methyl sites for hydroxylation is 4. The molecule has 1 N–H and O–H groups in total. The second-order valence-electron chi connectivity index (χ2n) is 6.96. The van der Waals surface area contributed by atoms with Gasteiger partial charge in [0.05, 0.1) is 0 Å². The van der Waals surface area contributed by atoms with Crippen molar-refractivity contribution in [2.24, 2.45) is 0 Å². The SMILES string of the molecule is CC[C@H](Oc1ccc2c(c1)CCCC2)C(=O)Nc1cc(C)ccc1C. The molecule has 1 amide bonds. The minimum Gasteiger partial charge on any atom is -0.481 e. The Labute approximate surface area is 150 Å². The first-order chi connectivity index (χ1) is 12.1. The first-order valence-corrected chi connectivity index (χ1v) is 9.23. The third kappa shape index (κ3) is 4.22. The Morgan fingerprint density at radius 1 is 1.08 bits per heavy atom. The Balaban J connectivity index is 1.71. The first kappa shape index (κ1) is 17.5. The summed E-state index contributed by atoms with van der Waals surface area (Å²) in [4.78, 5) is 12.7. The largest absolute Gasteiger partial charge is 0.481 e. The van der Waals surface area contributed by atoms with E-state index in [0.29, 0.717) is 6.42 Å². The lowest BCUT2D eigenvalue weighted by atomic mass is 9.92. The Hall–Kier alpha value is -2.29. The van der Waals surface area contributed by atoms with E-state index < -0.39 is 6.10 Å². The summed E-state index contributed by atoms with van der Waals surface area (Å²) in [5.74, 6) is 0.706. The van der Waals surface area contributed by atoms with Gasteiger partial charge in [-0.05, 0) is 86.4 Å². The maximum atomic E-state index is 12.7. The number of anilines is 1. The third-order valence-corrected chi connectivity index (χ3v) is 4.91. The monoisotopic (exact) mass is 337 g/mol. The molecule has 1 aliphatic carbocycles. The zero-order chi connectivity index (χ0) is 17.8. The number of rotatable bonds is 5. The summed E-state index contributed by atoms with van der Waals surface area (Å²) >= 11 is 0. The van der Waals surface area contributed by atoms with Gasteiger partial charge >= 0.3 is 0 Å². The number of ether oxygens (including phenoxy) is 1. The van der Waals surface area contributed by atoms with Crippen LogP contribution in [0.25, 0.3) is 0 Å². The van der Waals surface area contributed by atoms with E-state index in [1.807, 2.05) is 45.0 Å². The van der Waals surface area contributed by atoms with Gasteiger partial charge in [0.25, 0.3) is 5.91 Å². The number of fused-ring (bicyclic) bond motifs is 1. The van der Waals surface area contributed by atoms with Crippen LogP contribution in [-0.2, 0) is 17.6 Å². The van der Waals surface area contributed by atoms with Gasteiger partial charge < -0.3 is 10.1 Å². The summed E-state index contributed by atoms with van der Waals surface area (Å²) in [6.45, 7) is 6.00. The normalized spacial score (nSPS) is 14.5. The van der Waals surface area contributed by atoms with Gasteiger partial charge in [-0.15, -0.1) is 0 Å². The summed E-state index contributed by atoms with van der Waals surface area (Å²) in [7, 11) is 0. The zero-order valence-electron chi connectivity index (χ0n) is 15.4. The lowest BCUT2D eigenvalue weighted by molar-refractivity contribution is -0.122. The van der Waals surface area contributed by atoms with Gasteiger partial charge in [0.15, 0.2) is 6.10 Å². The van der Waals surface area contributed by atoms with Gasteiger partial charge in [0.1, 0.15) is 5.75 Å². The second kappa shape index (κ2) is 7.73. The van der Waals surface area contributed by atoms with Crippen molar-refractivity contribution in [3.8, 4) is 5.75 Å². The predicted molar refractivity (Wildman–Crippen MR) is 102 cm³/mol. The lowest BCUT2D eigenvalue weighted by Gasteiger charge is -2.21. The number of carbonyl (C=O) groups is 1. The van der Waals surface area contributed by atoms with E-state index in [9.17, 15) is 4.79 Å². The van der Waals surface area contributed by atoms with Gasteiger partial charge in [-0.1, -0.05) is 25.1 Å². The molecule has 3 rings (SSSR count). The van der Waals surface area contributed by atoms with Crippen molar-refractivity contribution in [1.29, 1.82) is 0 Å². The predicted octanol–water partition coefficient (Wildman–Crippen LogP) is 4.98. The molecule has 0 saturated carbocycles. The maximum absolute atomic E-state index is 12.7. The van der Waals surface area contributed by atoms with E-state index in [4.69, 9.17) is 4.74 Å². The highest BCUT2D eigenvalue weighted by molar-refractivity contribution is 5.95. The van der Waals surface area contributed by atoms with Crippen molar-refractivity contribution in [3.63, 3.8) is 0 Å². The molecule has 1 aliphatic rings. The van der Waals surface area contributed by atoms with E-state index in [-0.39, 0.29) is 5.91 Å². The smallest absolute Gasteiger partial charge is 0.265 e.